The van der Waals surface area contributed by atoms with Gasteiger partial charge >= 0.3 is 0 Å². The van der Waals surface area contributed by atoms with Gasteiger partial charge in [0.15, 0.2) is 25.5 Å². The Hall–Kier alpha value is -4.14. The van der Waals surface area contributed by atoms with Crippen molar-refractivity contribution in [3.63, 3.8) is 0 Å². The standard InChI is InChI=1S/C48H59BrFN3O7Si/c1-27(2)24-51-47(6,7)36-37(49)41(57-25-28-18-14-12-15-19-28)34-31(38(36)50)22-30-23-32-39(53(8)9)42-35(45(52-59-42)58-26-29-20-16-13-17-21-29)44(56)48(32,43(55)33(30)40(34)54)60-61(10,11)46(3,4)5/h12-21,27,30,32,39,51,55H,22-26H2,1-11H3/t30-,32-,39-,48-/m0/s1. The number of carbonyl (C=O) groups is 2. The first-order chi connectivity index (χ1) is 28.6. The van der Waals surface area contributed by atoms with Gasteiger partial charge in [0.2, 0.25) is 5.78 Å². The Morgan fingerprint density at radius 2 is 1.57 bits per heavy atom. The summed E-state index contributed by atoms with van der Waals surface area (Å²) in [5.74, 6) is -2.84. The van der Waals surface area contributed by atoms with Crippen LogP contribution < -0.4 is 14.8 Å². The zero-order valence-corrected chi connectivity index (χ0v) is 39.8. The highest BCUT2D eigenvalue weighted by Crippen LogP contribution is 2.60. The zero-order chi connectivity index (χ0) is 44.4. The summed E-state index contributed by atoms with van der Waals surface area (Å²) in [6.07, 6.45) is 0.276. The highest BCUT2D eigenvalue weighted by Gasteiger charge is 2.67. The van der Waals surface area contributed by atoms with E-state index in [0.717, 1.165) is 11.1 Å². The van der Waals surface area contributed by atoms with Gasteiger partial charge in [0.25, 0.3) is 5.88 Å². The highest BCUT2D eigenvalue weighted by molar-refractivity contribution is 9.10. The maximum atomic E-state index is 17.6. The second kappa shape index (κ2) is 16.5. The molecule has 13 heteroatoms. The van der Waals surface area contributed by atoms with Gasteiger partial charge in [-0.1, -0.05) is 95.3 Å². The minimum Gasteiger partial charge on any atom is -0.508 e. The molecule has 326 valence electrons. The molecule has 0 spiro atoms. The van der Waals surface area contributed by atoms with Crippen molar-refractivity contribution >= 4 is 35.8 Å². The van der Waals surface area contributed by atoms with Crippen LogP contribution in [0.25, 0.3) is 0 Å². The van der Waals surface area contributed by atoms with E-state index >= 15 is 14.0 Å². The lowest BCUT2D eigenvalue weighted by Crippen LogP contribution is -2.65. The summed E-state index contributed by atoms with van der Waals surface area (Å²) in [5, 5.41) is 20.5. The zero-order valence-electron chi connectivity index (χ0n) is 37.2. The van der Waals surface area contributed by atoms with Crippen LogP contribution in [-0.4, -0.2) is 61.3 Å². The molecule has 0 fully saturated rings. The van der Waals surface area contributed by atoms with Crippen LogP contribution in [0.2, 0.25) is 18.1 Å². The third-order valence-electron chi connectivity index (χ3n) is 13.1. The number of Topliss-reactive ketones (excluding diaryl/α,β-unsaturated/α-hetero) is 2. The average Bonchev–Trinajstić information content (AvgIpc) is 3.61. The third-order valence-corrected chi connectivity index (χ3v) is 18.3. The van der Waals surface area contributed by atoms with Crippen molar-refractivity contribution in [1.29, 1.82) is 0 Å². The molecule has 0 bridgehead atoms. The Morgan fingerprint density at radius 1 is 0.984 bits per heavy atom. The lowest BCUT2D eigenvalue weighted by atomic mass is 9.58. The number of aliphatic hydroxyl groups excluding tert-OH is 1. The summed E-state index contributed by atoms with van der Waals surface area (Å²) in [6.45, 7) is 19.1. The normalized spacial score (nSPS) is 21.7. The van der Waals surface area contributed by atoms with E-state index in [1.807, 2.05) is 107 Å². The van der Waals surface area contributed by atoms with Crippen LogP contribution >= 0.6 is 15.9 Å². The molecule has 10 nitrogen and oxygen atoms in total. The first-order valence-corrected chi connectivity index (χ1v) is 24.8. The van der Waals surface area contributed by atoms with E-state index in [4.69, 9.17) is 18.4 Å². The second-order valence-corrected chi connectivity index (χ2v) is 25.0. The number of ether oxygens (including phenoxy) is 2. The Balaban J connectivity index is 1.45. The van der Waals surface area contributed by atoms with Crippen molar-refractivity contribution in [2.75, 3.05) is 20.6 Å². The molecule has 0 saturated heterocycles. The molecule has 0 radical (unpaired) electrons. The summed E-state index contributed by atoms with van der Waals surface area (Å²) in [6, 6.07) is 18.4. The first-order valence-electron chi connectivity index (χ1n) is 21.1. The number of halogens is 2. The van der Waals surface area contributed by atoms with E-state index in [1.165, 1.54) is 0 Å². The Labute approximate surface area is 368 Å². The van der Waals surface area contributed by atoms with Crippen molar-refractivity contribution in [2.24, 2.45) is 17.8 Å². The SMILES string of the molecule is CC(C)CNC(C)(C)c1c(F)c2c(c(OCc3ccccc3)c1Br)C(=O)C1=C(O)[C@]3(O[Si](C)(C)C(C)(C)C)C(=O)c4c(OCc5ccccc5)noc4[C@@H](N(C)C)[C@@H]3C[C@@H]1C2. The lowest BCUT2D eigenvalue weighted by molar-refractivity contribution is -0.0481. The molecule has 0 aliphatic heterocycles. The summed E-state index contributed by atoms with van der Waals surface area (Å²) in [5.41, 5.74) is -0.502. The Morgan fingerprint density at radius 3 is 2.13 bits per heavy atom. The largest absolute Gasteiger partial charge is 0.508 e. The second-order valence-electron chi connectivity index (χ2n) is 19.5. The number of hydrogen-bond acceptors (Lipinski definition) is 10. The van der Waals surface area contributed by atoms with Crippen LogP contribution in [0.3, 0.4) is 0 Å². The van der Waals surface area contributed by atoms with Gasteiger partial charge in [0.05, 0.1) is 16.1 Å². The number of nitrogens with zero attached hydrogens (tertiary/aromatic N) is 2. The quantitative estimate of drug-likeness (QED) is 0.125. The van der Waals surface area contributed by atoms with Crippen molar-refractivity contribution in [3.8, 4) is 11.6 Å². The number of allylic oxidation sites excluding steroid dienone is 1. The van der Waals surface area contributed by atoms with Gasteiger partial charge < -0.3 is 28.8 Å². The van der Waals surface area contributed by atoms with Crippen LogP contribution in [0.1, 0.15) is 110 Å². The number of aromatic nitrogens is 1. The van der Waals surface area contributed by atoms with E-state index < -0.39 is 65.5 Å². The minimum atomic E-state index is -2.96. The number of hydrogen-bond donors (Lipinski definition) is 2. The van der Waals surface area contributed by atoms with Crippen molar-refractivity contribution in [3.05, 3.63) is 121 Å². The highest BCUT2D eigenvalue weighted by atomic mass is 79.9. The Kier molecular flexibility index (Phi) is 12.2. The molecule has 4 atom stereocenters. The fourth-order valence-corrected chi connectivity index (χ4v) is 11.4. The fourth-order valence-electron chi connectivity index (χ4n) is 8.97. The maximum absolute atomic E-state index is 17.6. The molecule has 1 heterocycles. The molecule has 4 aromatic rings. The van der Waals surface area contributed by atoms with Gasteiger partial charge in [-0.05, 0) is 110 Å². The van der Waals surface area contributed by atoms with E-state index in [1.54, 1.807) is 0 Å². The molecule has 0 saturated carbocycles. The summed E-state index contributed by atoms with van der Waals surface area (Å²) >= 11 is 3.73. The van der Waals surface area contributed by atoms with E-state index in [9.17, 15) is 5.11 Å². The summed E-state index contributed by atoms with van der Waals surface area (Å²) in [7, 11) is 0.789. The summed E-state index contributed by atoms with van der Waals surface area (Å²) < 4.78 is 44.0. The van der Waals surface area contributed by atoms with E-state index in [0.29, 0.717) is 28.3 Å². The first kappa shape index (κ1) is 44.9. The molecule has 61 heavy (non-hydrogen) atoms. The molecule has 3 aliphatic carbocycles. The van der Waals surface area contributed by atoms with Crippen LogP contribution in [0.4, 0.5) is 4.39 Å². The van der Waals surface area contributed by atoms with Gasteiger partial charge in [-0.15, -0.1) is 0 Å². The van der Waals surface area contributed by atoms with Crippen LogP contribution in [0.5, 0.6) is 11.6 Å². The average molecular weight is 917 g/mol. The summed E-state index contributed by atoms with van der Waals surface area (Å²) in [4.78, 5) is 33.1. The maximum Gasteiger partial charge on any atom is 0.265 e. The molecular formula is C48H59BrFN3O7Si. The predicted molar refractivity (Wildman–Crippen MR) is 239 cm³/mol. The third kappa shape index (κ3) is 7.83. The molecule has 3 aliphatic rings. The number of benzene rings is 3. The number of aliphatic hydroxyl groups is 1. The number of rotatable bonds is 13. The van der Waals surface area contributed by atoms with Crippen molar-refractivity contribution in [2.45, 2.75) is 110 Å². The predicted octanol–water partition coefficient (Wildman–Crippen LogP) is 10.7. The number of nitrogens with one attached hydrogen (secondary N) is 1. The van der Waals surface area contributed by atoms with E-state index in [-0.39, 0.29) is 59.9 Å². The fraction of sp³-hybridized carbons (Fsp3) is 0.479. The van der Waals surface area contributed by atoms with Crippen LogP contribution in [-0.2, 0) is 29.6 Å². The number of fused-ring (bicyclic) bond motifs is 4. The van der Waals surface area contributed by atoms with Gasteiger partial charge in [-0.25, -0.2) is 4.39 Å². The number of ketones is 2. The Bertz CT molecular complexity index is 2360. The van der Waals surface area contributed by atoms with Crippen LogP contribution in [0, 0.1) is 23.6 Å². The lowest BCUT2D eigenvalue weighted by Gasteiger charge is -2.55. The molecule has 1 aromatic heterocycles. The number of carbonyl (C=O) groups excluding carboxylic acids is 2. The topological polar surface area (TPSA) is 123 Å². The molecule has 3 aromatic carbocycles. The monoisotopic (exact) mass is 915 g/mol. The molecule has 0 unspecified atom stereocenters. The molecule has 0 amide bonds. The minimum absolute atomic E-state index is 0.0172. The van der Waals surface area contributed by atoms with E-state index in [2.05, 4.69) is 61.0 Å². The molecule has 2 N–H and O–H groups in total. The van der Waals surface area contributed by atoms with Gasteiger partial charge in [0, 0.05) is 28.2 Å². The van der Waals surface area contributed by atoms with Gasteiger partial charge in [-0.3, -0.25) is 14.5 Å². The smallest absolute Gasteiger partial charge is 0.265 e. The molecular weight excluding hydrogens is 858 g/mol. The van der Waals surface area contributed by atoms with Crippen molar-refractivity contribution < 1.29 is 37.5 Å². The van der Waals surface area contributed by atoms with Crippen molar-refractivity contribution in [1.82, 2.24) is 15.4 Å². The van der Waals surface area contributed by atoms with Crippen LogP contribution in [0.15, 0.2) is 81.0 Å². The van der Waals surface area contributed by atoms with Gasteiger partial charge in [-0.2, -0.15) is 0 Å². The molecule has 7 rings (SSSR count). The van der Waals surface area contributed by atoms with Gasteiger partial charge in [0.1, 0.15) is 36.1 Å².